The lowest BCUT2D eigenvalue weighted by molar-refractivity contribution is 0.530. The molecular weight excluding hydrogens is 337 g/mol. The van der Waals surface area contributed by atoms with Gasteiger partial charge in [-0.25, -0.2) is 4.39 Å². The summed E-state index contributed by atoms with van der Waals surface area (Å²) in [5.41, 5.74) is 2.24. The Morgan fingerprint density at radius 3 is 2.95 bits per heavy atom. The summed E-state index contributed by atoms with van der Waals surface area (Å²) in [5.74, 6) is -0.159. The zero-order chi connectivity index (χ0) is 14.1. The van der Waals surface area contributed by atoms with Crippen molar-refractivity contribution in [2.24, 2.45) is 0 Å². The number of benzene rings is 1. The van der Waals surface area contributed by atoms with Gasteiger partial charge in [0.05, 0.1) is 0 Å². The van der Waals surface area contributed by atoms with E-state index in [-0.39, 0.29) is 11.9 Å². The molecule has 1 nitrogen and oxygen atoms in total. The highest BCUT2D eigenvalue weighted by molar-refractivity contribution is 9.10. The zero-order valence-corrected chi connectivity index (χ0v) is 13.8. The van der Waals surface area contributed by atoms with Crippen LogP contribution in [0.4, 0.5) is 4.39 Å². The number of thiophene rings is 1. The van der Waals surface area contributed by atoms with Crippen molar-refractivity contribution in [2.45, 2.75) is 38.8 Å². The van der Waals surface area contributed by atoms with E-state index in [2.05, 4.69) is 27.3 Å². The zero-order valence-electron chi connectivity index (χ0n) is 11.4. The summed E-state index contributed by atoms with van der Waals surface area (Å²) in [5, 5.41) is 3.42. The quantitative estimate of drug-likeness (QED) is 0.816. The Labute approximate surface area is 131 Å². The maximum absolute atomic E-state index is 13.9. The Morgan fingerprint density at radius 1 is 1.35 bits per heavy atom. The van der Waals surface area contributed by atoms with Crippen molar-refractivity contribution < 1.29 is 4.39 Å². The Bertz CT molecular complexity index is 601. The van der Waals surface area contributed by atoms with Gasteiger partial charge >= 0.3 is 0 Å². The van der Waals surface area contributed by atoms with Gasteiger partial charge in [-0.3, -0.25) is 0 Å². The van der Waals surface area contributed by atoms with Crippen LogP contribution in [0.2, 0.25) is 0 Å². The highest BCUT2D eigenvalue weighted by Gasteiger charge is 2.16. The lowest BCUT2D eigenvalue weighted by atomic mass is 10.1. The minimum atomic E-state index is -0.159. The topological polar surface area (TPSA) is 12.0 Å². The molecule has 0 saturated carbocycles. The molecule has 1 aliphatic carbocycles. The van der Waals surface area contributed by atoms with Crippen LogP contribution in [0.1, 0.15) is 40.3 Å². The molecule has 0 amide bonds. The van der Waals surface area contributed by atoms with E-state index >= 15 is 0 Å². The highest BCUT2D eigenvalue weighted by atomic mass is 79.9. The van der Waals surface area contributed by atoms with Gasteiger partial charge in [-0.15, -0.1) is 11.3 Å². The van der Waals surface area contributed by atoms with Crippen LogP contribution in [0.5, 0.6) is 0 Å². The second kappa shape index (κ2) is 5.96. The van der Waals surface area contributed by atoms with Gasteiger partial charge in [0, 0.05) is 32.4 Å². The Morgan fingerprint density at radius 2 is 2.20 bits per heavy atom. The molecule has 0 aliphatic heterocycles. The minimum absolute atomic E-state index is 0.0139. The minimum Gasteiger partial charge on any atom is -0.305 e. The second-order valence-corrected chi connectivity index (χ2v) is 7.42. The van der Waals surface area contributed by atoms with Gasteiger partial charge < -0.3 is 5.32 Å². The number of fused-ring (bicyclic) bond motifs is 1. The first-order valence-electron chi connectivity index (χ1n) is 6.92. The molecular formula is C16H17BrFNS. The van der Waals surface area contributed by atoms with E-state index < -0.39 is 0 Å². The third-order valence-corrected chi connectivity index (χ3v) is 5.54. The molecule has 1 aliphatic rings. The molecule has 0 saturated heterocycles. The summed E-state index contributed by atoms with van der Waals surface area (Å²) in [7, 11) is 0. The molecule has 1 N–H and O–H groups in total. The summed E-state index contributed by atoms with van der Waals surface area (Å²) in [4.78, 5) is 2.91. The van der Waals surface area contributed by atoms with E-state index in [1.54, 1.807) is 4.88 Å². The largest absolute Gasteiger partial charge is 0.305 e. The predicted octanol–water partition coefficient (Wildman–Crippen LogP) is 4.99. The second-order valence-electron chi connectivity index (χ2n) is 5.28. The Balaban J connectivity index is 1.65. The number of halogens is 2. The molecule has 1 heterocycles. The number of hydrogen-bond acceptors (Lipinski definition) is 2. The van der Waals surface area contributed by atoms with Crippen molar-refractivity contribution in [3.05, 3.63) is 55.4 Å². The molecule has 2 aromatic rings. The normalized spacial score (nSPS) is 15.3. The fourth-order valence-corrected chi connectivity index (χ4v) is 4.24. The average molecular weight is 354 g/mol. The standard InChI is InChI=1S/C16H17BrFNS/c1-10(14-6-5-12(17)8-15(14)18)19-9-13-7-11-3-2-4-16(11)20-13/h5-8,10,19H,2-4,9H2,1H3. The first kappa shape index (κ1) is 14.2. The van der Waals surface area contributed by atoms with Gasteiger partial charge in [0.1, 0.15) is 5.82 Å². The van der Waals surface area contributed by atoms with Crippen LogP contribution in [-0.2, 0) is 19.4 Å². The van der Waals surface area contributed by atoms with Crippen molar-refractivity contribution in [2.75, 3.05) is 0 Å². The summed E-state index contributed by atoms with van der Waals surface area (Å²) in [6.45, 7) is 2.82. The summed E-state index contributed by atoms with van der Waals surface area (Å²) in [6.07, 6.45) is 3.76. The maximum atomic E-state index is 13.9. The SMILES string of the molecule is CC(NCc1cc2c(s1)CCC2)c1ccc(Br)cc1F. The number of nitrogens with one attached hydrogen (secondary N) is 1. The molecule has 106 valence electrons. The Hall–Kier alpha value is -0.710. The molecule has 0 fully saturated rings. The lowest BCUT2D eigenvalue weighted by Crippen LogP contribution is -2.18. The molecule has 20 heavy (non-hydrogen) atoms. The fraction of sp³-hybridized carbons (Fsp3) is 0.375. The van der Waals surface area contributed by atoms with Gasteiger partial charge in [0.2, 0.25) is 0 Å². The molecule has 1 atom stereocenters. The van der Waals surface area contributed by atoms with Crippen molar-refractivity contribution in [1.29, 1.82) is 0 Å². The smallest absolute Gasteiger partial charge is 0.129 e. The van der Waals surface area contributed by atoms with E-state index in [1.807, 2.05) is 30.4 Å². The van der Waals surface area contributed by atoms with Gasteiger partial charge in [0.15, 0.2) is 0 Å². The van der Waals surface area contributed by atoms with Crippen LogP contribution in [-0.4, -0.2) is 0 Å². The first-order chi connectivity index (χ1) is 9.63. The third-order valence-electron chi connectivity index (χ3n) is 3.81. The number of aryl methyl sites for hydroxylation is 2. The summed E-state index contributed by atoms with van der Waals surface area (Å²) >= 11 is 5.19. The van der Waals surface area contributed by atoms with E-state index in [0.29, 0.717) is 0 Å². The molecule has 1 aromatic heterocycles. The van der Waals surface area contributed by atoms with Gasteiger partial charge in [-0.2, -0.15) is 0 Å². The molecule has 0 spiro atoms. The van der Waals surface area contributed by atoms with E-state index in [1.165, 1.54) is 35.8 Å². The number of hydrogen-bond donors (Lipinski definition) is 1. The van der Waals surface area contributed by atoms with Crippen molar-refractivity contribution >= 4 is 27.3 Å². The Kier molecular flexibility index (Phi) is 4.24. The molecule has 3 rings (SSSR count). The predicted molar refractivity (Wildman–Crippen MR) is 85.7 cm³/mol. The van der Waals surface area contributed by atoms with Crippen LogP contribution in [0.25, 0.3) is 0 Å². The fourth-order valence-electron chi connectivity index (χ4n) is 2.69. The third kappa shape index (κ3) is 2.97. The first-order valence-corrected chi connectivity index (χ1v) is 8.53. The van der Waals surface area contributed by atoms with Crippen LogP contribution in [0.3, 0.4) is 0 Å². The molecule has 1 unspecified atom stereocenters. The van der Waals surface area contributed by atoms with Gasteiger partial charge in [0.25, 0.3) is 0 Å². The average Bonchev–Trinajstić information content (AvgIpc) is 2.96. The van der Waals surface area contributed by atoms with Gasteiger partial charge in [-0.05, 0) is 49.9 Å². The van der Waals surface area contributed by atoms with Crippen LogP contribution >= 0.6 is 27.3 Å². The monoisotopic (exact) mass is 353 g/mol. The molecule has 4 heteroatoms. The van der Waals surface area contributed by atoms with E-state index in [9.17, 15) is 4.39 Å². The summed E-state index contributed by atoms with van der Waals surface area (Å²) < 4.78 is 14.7. The molecule has 1 aromatic carbocycles. The van der Waals surface area contributed by atoms with Crippen LogP contribution in [0.15, 0.2) is 28.7 Å². The van der Waals surface area contributed by atoms with Crippen molar-refractivity contribution in [1.82, 2.24) is 5.32 Å². The number of rotatable bonds is 4. The van der Waals surface area contributed by atoms with Gasteiger partial charge in [-0.1, -0.05) is 22.0 Å². The van der Waals surface area contributed by atoms with E-state index in [0.717, 1.165) is 16.6 Å². The maximum Gasteiger partial charge on any atom is 0.129 e. The molecule has 0 radical (unpaired) electrons. The van der Waals surface area contributed by atoms with Crippen molar-refractivity contribution in [3.63, 3.8) is 0 Å². The highest BCUT2D eigenvalue weighted by Crippen LogP contribution is 2.31. The van der Waals surface area contributed by atoms with Crippen LogP contribution < -0.4 is 5.32 Å². The molecule has 0 bridgehead atoms. The van der Waals surface area contributed by atoms with Crippen molar-refractivity contribution in [3.8, 4) is 0 Å². The van der Waals surface area contributed by atoms with E-state index in [4.69, 9.17) is 0 Å². The lowest BCUT2D eigenvalue weighted by Gasteiger charge is -2.14. The summed E-state index contributed by atoms with van der Waals surface area (Å²) in [6, 6.07) is 7.57. The van der Waals surface area contributed by atoms with Crippen LogP contribution in [0, 0.1) is 5.82 Å².